The van der Waals surface area contributed by atoms with Gasteiger partial charge in [-0.1, -0.05) is 17.7 Å². The lowest BCUT2D eigenvalue weighted by atomic mass is 10.0. The number of nitro benzene ring substituents is 1. The van der Waals surface area contributed by atoms with E-state index < -0.39 is 22.4 Å². The van der Waals surface area contributed by atoms with E-state index in [0.29, 0.717) is 37.8 Å². The van der Waals surface area contributed by atoms with Crippen LogP contribution < -0.4 is 10.2 Å². The number of alkyl halides is 3. The van der Waals surface area contributed by atoms with E-state index in [2.05, 4.69) is 46.3 Å². The number of nitrogens with zero attached hydrogens (tertiary/aromatic N) is 4. The minimum Gasteiger partial charge on any atom is -0.380 e. The number of rotatable bonds is 8. The maximum Gasteiger partial charge on any atom is 0.423 e. The summed E-state index contributed by atoms with van der Waals surface area (Å²) in [7, 11) is 0. The fourth-order valence-corrected chi connectivity index (χ4v) is 6.20. The van der Waals surface area contributed by atoms with Crippen molar-refractivity contribution < 1.29 is 22.9 Å². The van der Waals surface area contributed by atoms with Crippen LogP contribution in [0.3, 0.4) is 0 Å². The predicted molar refractivity (Wildman–Crippen MR) is 143 cm³/mol. The average molecular weight is 546 g/mol. The first-order valence-electron chi connectivity index (χ1n) is 13.5. The standard InChI is InChI=1S/C28H34F3N5O3/c1-19-4-7-24(8-5-19)35-16-20-14-33(15-21(20)17-35)11-2-3-27(37)34-12-10-23(18-34)32-22-6-9-26(36(38)39)25(13-22)28(29,30)31/h4-9,13,20-21,23,32H,2-3,10-12,14-18H2,1H3/t20?,21?,23-/m1/s1. The molecule has 3 atom stereocenters. The first-order valence-corrected chi connectivity index (χ1v) is 13.5. The number of aryl methyl sites for hydroxylation is 1. The second-order valence-corrected chi connectivity index (χ2v) is 11.1. The Bertz CT molecular complexity index is 1190. The van der Waals surface area contributed by atoms with Crippen LogP contribution in [0.4, 0.5) is 30.2 Å². The van der Waals surface area contributed by atoms with E-state index in [0.717, 1.165) is 51.3 Å². The Kier molecular flexibility index (Phi) is 7.70. The molecule has 0 radical (unpaired) electrons. The number of benzene rings is 2. The summed E-state index contributed by atoms with van der Waals surface area (Å²) >= 11 is 0. The van der Waals surface area contributed by atoms with Gasteiger partial charge in [0, 0.05) is 69.2 Å². The van der Waals surface area contributed by atoms with Crippen LogP contribution in [-0.4, -0.2) is 72.5 Å². The van der Waals surface area contributed by atoms with Gasteiger partial charge in [0.1, 0.15) is 5.56 Å². The van der Waals surface area contributed by atoms with E-state index in [9.17, 15) is 28.1 Å². The molecule has 0 spiro atoms. The number of hydrogen-bond donors (Lipinski definition) is 1. The third-order valence-electron chi connectivity index (χ3n) is 8.24. The number of hydrogen-bond acceptors (Lipinski definition) is 6. The van der Waals surface area contributed by atoms with Crippen LogP contribution in [0.15, 0.2) is 42.5 Å². The molecule has 1 amide bonds. The van der Waals surface area contributed by atoms with Crippen LogP contribution in [0.5, 0.6) is 0 Å². The van der Waals surface area contributed by atoms with Crippen LogP contribution >= 0.6 is 0 Å². The Morgan fingerprint density at radius 1 is 1.05 bits per heavy atom. The summed E-state index contributed by atoms with van der Waals surface area (Å²) in [6.45, 7) is 8.20. The molecular weight excluding hydrogens is 511 g/mol. The highest BCUT2D eigenvalue weighted by molar-refractivity contribution is 5.76. The SMILES string of the molecule is Cc1ccc(N2CC3CN(CCCC(=O)N4CC[C@@H](Nc5ccc([N+](=O)[O-])c(C(F)(F)F)c5)C4)CC3C2)cc1. The molecule has 2 unspecified atom stereocenters. The molecule has 1 N–H and O–H groups in total. The van der Waals surface area contributed by atoms with Crippen LogP contribution in [0.1, 0.15) is 30.4 Å². The predicted octanol–water partition coefficient (Wildman–Crippen LogP) is 4.78. The molecule has 3 aliphatic heterocycles. The molecule has 210 valence electrons. The van der Waals surface area contributed by atoms with E-state index in [4.69, 9.17) is 0 Å². The van der Waals surface area contributed by atoms with Crippen molar-refractivity contribution in [3.63, 3.8) is 0 Å². The van der Waals surface area contributed by atoms with Gasteiger partial charge in [-0.05, 0) is 62.4 Å². The topological polar surface area (TPSA) is 82.0 Å². The molecular formula is C28H34F3N5O3. The molecule has 0 aliphatic carbocycles. The van der Waals surface area contributed by atoms with Gasteiger partial charge in [0.2, 0.25) is 5.91 Å². The van der Waals surface area contributed by atoms with Crippen molar-refractivity contribution >= 4 is 23.0 Å². The van der Waals surface area contributed by atoms with Crippen LogP contribution in [0.25, 0.3) is 0 Å². The van der Waals surface area contributed by atoms with Gasteiger partial charge >= 0.3 is 6.18 Å². The van der Waals surface area contributed by atoms with Gasteiger partial charge in [-0.25, -0.2) is 0 Å². The van der Waals surface area contributed by atoms with Gasteiger partial charge < -0.3 is 20.0 Å². The van der Waals surface area contributed by atoms with E-state index in [1.807, 2.05) is 0 Å². The number of anilines is 2. The van der Waals surface area contributed by atoms with E-state index in [1.165, 1.54) is 17.3 Å². The first kappa shape index (κ1) is 27.2. The Hall–Kier alpha value is -3.34. The molecule has 0 bridgehead atoms. The van der Waals surface area contributed by atoms with Crippen molar-refractivity contribution in [3.8, 4) is 0 Å². The maximum absolute atomic E-state index is 13.3. The zero-order valence-corrected chi connectivity index (χ0v) is 22.0. The van der Waals surface area contributed by atoms with Crippen LogP contribution in [0, 0.1) is 28.9 Å². The van der Waals surface area contributed by atoms with E-state index >= 15 is 0 Å². The summed E-state index contributed by atoms with van der Waals surface area (Å²) < 4.78 is 39.8. The number of likely N-dealkylation sites (tertiary alicyclic amines) is 2. The summed E-state index contributed by atoms with van der Waals surface area (Å²) in [5.41, 5.74) is 0.468. The second kappa shape index (κ2) is 11.0. The highest BCUT2D eigenvalue weighted by atomic mass is 19.4. The number of carbonyl (C=O) groups excluding carboxylic acids is 1. The lowest BCUT2D eigenvalue weighted by Gasteiger charge is -2.23. The van der Waals surface area contributed by atoms with Crippen molar-refractivity contribution in [1.82, 2.24) is 9.80 Å². The lowest BCUT2D eigenvalue weighted by Crippen LogP contribution is -2.33. The average Bonchev–Trinajstić information content (AvgIpc) is 3.59. The minimum atomic E-state index is -4.83. The quantitative estimate of drug-likeness (QED) is 0.380. The normalized spacial score (nSPS) is 23.3. The zero-order chi connectivity index (χ0) is 27.7. The highest BCUT2D eigenvalue weighted by Gasteiger charge is 2.40. The summed E-state index contributed by atoms with van der Waals surface area (Å²) in [6, 6.07) is 11.4. The van der Waals surface area contributed by atoms with E-state index in [1.54, 1.807) is 4.90 Å². The highest BCUT2D eigenvalue weighted by Crippen LogP contribution is 2.38. The molecule has 3 fully saturated rings. The third-order valence-corrected chi connectivity index (χ3v) is 8.24. The minimum absolute atomic E-state index is 0.0592. The number of fused-ring (bicyclic) bond motifs is 1. The molecule has 3 heterocycles. The Morgan fingerprint density at radius 2 is 1.74 bits per heavy atom. The molecule has 3 saturated heterocycles. The molecule has 8 nitrogen and oxygen atoms in total. The van der Waals surface area contributed by atoms with Gasteiger partial charge in [0.25, 0.3) is 5.69 Å². The monoisotopic (exact) mass is 545 g/mol. The van der Waals surface area contributed by atoms with Gasteiger partial charge in [-0.2, -0.15) is 13.2 Å². The lowest BCUT2D eigenvalue weighted by molar-refractivity contribution is -0.388. The third kappa shape index (κ3) is 6.29. The van der Waals surface area contributed by atoms with Gasteiger partial charge in [0.15, 0.2) is 0 Å². The number of amides is 1. The number of halogens is 3. The Balaban J connectivity index is 1.04. The van der Waals surface area contributed by atoms with Crippen molar-refractivity contribution in [2.45, 2.75) is 38.4 Å². The molecule has 2 aromatic rings. The second-order valence-electron chi connectivity index (χ2n) is 11.1. The molecule has 3 aliphatic rings. The summed E-state index contributed by atoms with van der Waals surface area (Å²) in [4.78, 5) is 29.4. The summed E-state index contributed by atoms with van der Waals surface area (Å²) in [6.07, 6.45) is -2.99. The first-order chi connectivity index (χ1) is 18.6. The molecule has 5 rings (SSSR count). The number of carbonyl (C=O) groups is 1. The summed E-state index contributed by atoms with van der Waals surface area (Å²) in [5, 5.41) is 14.0. The fraction of sp³-hybridized carbons (Fsp3) is 0.536. The molecule has 2 aromatic carbocycles. The Labute approximate surface area is 225 Å². The van der Waals surface area contributed by atoms with Crippen molar-refractivity contribution in [1.29, 1.82) is 0 Å². The molecule has 0 aromatic heterocycles. The van der Waals surface area contributed by atoms with Gasteiger partial charge in [0.05, 0.1) is 4.92 Å². The molecule has 0 saturated carbocycles. The van der Waals surface area contributed by atoms with Crippen molar-refractivity contribution in [2.75, 3.05) is 56.0 Å². The largest absolute Gasteiger partial charge is 0.423 e. The number of nitro groups is 1. The van der Waals surface area contributed by atoms with Crippen LogP contribution in [-0.2, 0) is 11.0 Å². The maximum atomic E-state index is 13.3. The zero-order valence-electron chi connectivity index (χ0n) is 22.0. The Morgan fingerprint density at radius 3 is 2.38 bits per heavy atom. The molecule has 39 heavy (non-hydrogen) atoms. The smallest absolute Gasteiger partial charge is 0.380 e. The van der Waals surface area contributed by atoms with Crippen molar-refractivity contribution in [2.24, 2.45) is 11.8 Å². The van der Waals surface area contributed by atoms with Crippen molar-refractivity contribution in [3.05, 3.63) is 63.7 Å². The van der Waals surface area contributed by atoms with Crippen LogP contribution in [0.2, 0.25) is 0 Å². The summed E-state index contributed by atoms with van der Waals surface area (Å²) in [5.74, 6) is 1.37. The van der Waals surface area contributed by atoms with Gasteiger partial charge in [-0.3, -0.25) is 14.9 Å². The van der Waals surface area contributed by atoms with Gasteiger partial charge in [-0.15, -0.1) is 0 Å². The van der Waals surface area contributed by atoms with E-state index in [-0.39, 0.29) is 17.6 Å². The number of nitrogens with one attached hydrogen (secondary N) is 1. The fourth-order valence-electron chi connectivity index (χ4n) is 6.20. The molecule has 11 heteroatoms.